The Labute approximate surface area is 157 Å². The molecule has 27 heavy (non-hydrogen) atoms. The molecule has 6 nitrogen and oxygen atoms in total. The maximum absolute atomic E-state index is 12.1. The van der Waals surface area contributed by atoms with Crippen molar-refractivity contribution in [3.8, 4) is 0 Å². The number of benzene rings is 2. The molecule has 2 aromatic carbocycles. The number of esters is 2. The van der Waals surface area contributed by atoms with E-state index in [0.29, 0.717) is 16.8 Å². The summed E-state index contributed by atoms with van der Waals surface area (Å²) in [6.45, 7) is 3.42. The number of nitrogens with one attached hydrogen (secondary N) is 1. The number of carbonyl (C=O) groups excluding carboxylic acids is 3. The molecule has 0 aliphatic rings. The molecule has 0 aliphatic carbocycles. The number of ether oxygens (including phenoxy) is 2. The second-order valence-electron chi connectivity index (χ2n) is 5.88. The van der Waals surface area contributed by atoms with Crippen molar-refractivity contribution in [3.05, 3.63) is 71.3 Å². The van der Waals surface area contributed by atoms with Gasteiger partial charge in [-0.25, -0.2) is 9.59 Å². The van der Waals surface area contributed by atoms with Gasteiger partial charge in [0.25, 0.3) is 5.91 Å². The van der Waals surface area contributed by atoms with Crippen molar-refractivity contribution in [2.45, 2.75) is 20.0 Å². The molecule has 2 aromatic rings. The molecule has 0 aliphatic heterocycles. The summed E-state index contributed by atoms with van der Waals surface area (Å²) in [6.07, 6.45) is 1.82. The predicted octanol–water partition coefficient (Wildman–Crippen LogP) is 3.37. The van der Waals surface area contributed by atoms with Crippen LogP contribution in [0.25, 0.3) is 6.08 Å². The van der Waals surface area contributed by atoms with Crippen molar-refractivity contribution in [1.29, 1.82) is 0 Å². The number of carbonyl (C=O) groups is 3. The third-order valence-electron chi connectivity index (χ3n) is 3.69. The molecule has 0 unspecified atom stereocenters. The highest BCUT2D eigenvalue weighted by Gasteiger charge is 2.16. The minimum Gasteiger partial charge on any atom is -0.465 e. The zero-order valence-corrected chi connectivity index (χ0v) is 15.4. The normalized spacial score (nSPS) is 11.7. The van der Waals surface area contributed by atoms with Crippen LogP contribution in [-0.4, -0.2) is 31.1 Å². The topological polar surface area (TPSA) is 81.7 Å². The van der Waals surface area contributed by atoms with E-state index in [0.717, 1.165) is 5.56 Å². The zero-order valence-electron chi connectivity index (χ0n) is 15.4. The summed E-state index contributed by atoms with van der Waals surface area (Å²) >= 11 is 0. The molecule has 1 amide bonds. The molecule has 0 fully saturated rings. The van der Waals surface area contributed by atoms with Gasteiger partial charge in [0, 0.05) is 11.8 Å². The van der Waals surface area contributed by atoms with Gasteiger partial charge in [0.05, 0.1) is 12.7 Å². The summed E-state index contributed by atoms with van der Waals surface area (Å²) in [6, 6.07) is 13.9. The largest absolute Gasteiger partial charge is 0.465 e. The number of hydrogen-bond acceptors (Lipinski definition) is 5. The highest BCUT2D eigenvalue weighted by atomic mass is 16.5. The Bertz CT molecular complexity index is 855. The summed E-state index contributed by atoms with van der Waals surface area (Å²) < 4.78 is 9.72. The molecule has 0 saturated carbocycles. The van der Waals surface area contributed by atoms with Crippen LogP contribution in [0.5, 0.6) is 0 Å². The van der Waals surface area contributed by atoms with E-state index in [1.165, 1.54) is 26.2 Å². The van der Waals surface area contributed by atoms with E-state index < -0.39 is 23.9 Å². The maximum atomic E-state index is 12.1. The lowest BCUT2D eigenvalue weighted by atomic mass is 10.1. The van der Waals surface area contributed by atoms with Crippen molar-refractivity contribution in [1.82, 2.24) is 0 Å². The fourth-order valence-corrected chi connectivity index (χ4v) is 2.25. The molecule has 0 radical (unpaired) electrons. The fourth-order valence-electron chi connectivity index (χ4n) is 2.25. The van der Waals surface area contributed by atoms with Crippen LogP contribution in [0.3, 0.4) is 0 Å². The maximum Gasteiger partial charge on any atom is 0.337 e. The SMILES string of the molecule is COC(=O)c1ccc(/C=C/C(=O)O[C@@H](C)C(=O)Nc2cccc(C)c2)cc1. The van der Waals surface area contributed by atoms with Gasteiger partial charge in [-0.3, -0.25) is 4.79 Å². The summed E-state index contributed by atoms with van der Waals surface area (Å²) in [7, 11) is 1.31. The highest BCUT2D eigenvalue weighted by Crippen LogP contribution is 2.11. The Morgan fingerprint density at radius 1 is 1.07 bits per heavy atom. The van der Waals surface area contributed by atoms with Crippen LogP contribution in [0, 0.1) is 6.92 Å². The van der Waals surface area contributed by atoms with E-state index in [-0.39, 0.29) is 0 Å². The van der Waals surface area contributed by atoms with Gasteiger partial charge < -0.3 is 14.8 Å². The molecule has 0 spiro atoms. The van der Waals surface area contributed by atoms with Crippen molar-refractivity contribution >= 4 is 29.6 Å². The monoisotopic (exact) mass is 367 g/mol. The minimum absolute atomic E-state index is 0.412. The molecule has 2 rings (SSSR count). The molecule has 140 valence electrons. The Balaban J connectivity index is 1.89. The van der Waals surface area contributed by atoms with E-state index >= 15 is 0 Å². The molecule has 0 bridgehead atoms. The Kier molecular flexibility index (Phi) is 6.88. The third kappa shape index (κ3) is 6.11. The first-order valence-electron chi connectivity index (χ1n) is 8.33. The number of aryl methyl sites for hydroxylation is 1. The zero-order chi connectivity index (χ0) is 19.8. The lowest BCUT2D eigenvalue weighted by Crippen LogP contribution is -2.29. The molecular weight excluding hydrogens is 346 g/mol. The lowest BCUT2D eigenvalue weighted by molar-refractivity contribution is -0.148. The smallest absolute Gasteiger partial charge is 0.337 e. The molecular formula is C21H21NO5. The third-order valence-corrected chi connectivity index (χ3v) is 3.69. The summed E-state index contributed by atoms with van der Waals surface area (Å²) in [5.74, 6) is -1.48. The van der Waals surface area contributed by atoms with Crippen LogP contribution in [0.15, 0.2) is 54.6 Å². The van der Waals surface area contributed by atoms with Gasteiger partial charge in [-0.05, 0) is 55.3 Å². The van der Waals surface area contributed by atoms with Crippen LogP contribution in [0.1, 0.15) is 28.4 Å². The standard InChI is InChI=1S/C21H21NO5/c1-14-5-4-6-18(13-14)22-20(24)15(2)27-19(23)12-9-16-7-10-17(11-8-16)21(25)26-3/h4-13,15H,1-3H3,(H,22,24)/b12-9+/t15-/m0/s1. The van der Waals surface area contributed by atoms with E-state index in [2.05, 4.69) is 10.1 Å². The van der Waals surface area contributed by atoms with Crippen molar-refractivity contribution < 1.29 is 23.9 Å². The molecule has 1 atom stereocenters. The average molecular weight is 367 g/mol. The van der Waals surface area contributed by atoms with Crippen LogP contribution >= 0.6 is 0 Å². The van der Waals surface area contributed by atoms with Crippen LogP contribution in [-0.2, 0) is 19.1 Å². The minimum atomic E-state index is -0.940. The molecule has 0 heterocycles. The number of anilines is 1. The summed E-state index contributed by atoms with van der Waals surface area (Å²) in [4.78, 5) is 35.4. The van der Waals surface area contributed by atoms with Crippen LogP contribution in [0.2, 0.25) is 0 Å². The van der Waals surface area contributed by atoms with E-state index in [4.69, 9.17) is 4.74 Å². The number of amides is 1. The van der Waals surface area contributed by atoms with E-state index in [9.17, 15) is 14.4 Å². The molecule has 1 N–H and O–H groups in total. The van der Waals surface area contributed by atoms with Gasteiger partial charge in [-0.2, -0.15) is 0 Å². The Hall–Kier alpha value is -3.41. The fraction of sp³-hybridized carbons (Fsp3) is 0.190. The van der Waals surface area contributed by atoms with Crippen molar-refractivity contribution in [2.24, 2.45) is 0 Å². The molecule has 0 aromatic heterocycles. The van der Waals surface area contributed by atoms with Crippen molar-refractivity contribution in [3.63, 3.8) is 0 Å². The van der Waals surface area contributed by atoms with E-state index in [1.807, 2.05) is 25.1 Å². The van der Waals surface area contributed by atoms with Gasteiger partial charge in [-0.15, -0.1) is 0 Å². The van der Waals surface area contributed by atoms with Gasteiger partial charge >= 0.3 is 11.9 Å². The van der Waals surface area contributed by atoms with Crippen molar-refractivity contribution in [2.75, 3.05) is 12.4 Å². The predicted molar refractivity (Wildman–Crippen MR) is 102 cm³/mol. The van der Waals surface area contributed by atoms with Crippen LogP contribution in [0.4, 0.5) is 5.69 Å². The Morgan fingerprint density at radius 2 is 1.78 bits per heavy atom. The highest BCUT2D eigenvalue weighted by molar-refractivity contribution is 5.96. The second kappa shape index (κ2) is 9.33. The van der Waals surface area contributed by atoms with Gasteiger partial charge in [0.15, 0.2) is 6.10 Å². The average Bonchev–Trinajstić information content (AvgIpc) is 2.66. The quantitative estimate of drug-likeness (QED) is 0.625. The Morgan fingerprint density at radius 3 is 2.41 bits per heavy atom. The second-order valence-corrected chi connectivity index (χ2v) is 5.88. The molecule has 0 saturated heterocycles. The first kappa shape index (κ1) is 19.9. The molecule has 6 heteroatoms. The van der Waals surface area contributed by atoms with Gasteiger partial charge in [0.2, 0.25) is 0 Å². The van der Waals surface area contributed by atoms with Gasteiger partial charge in [0.1, 0.15) is 0 Å². The first-order valence-corrected chi connectivity index (χ1v) is 8.33. The lowest BCUT2D eigenvalue weighted by Gasteiger charge is -2.12. The number of hydrogen-bond donors (Lipinski definition) is 1. The van der Waals surface area contributed by atoms with Gasteiger partial charge in [-0.1, -0.05) is 24.3 Å². The van der Waals surface area contributed by atoms with E-state index in [1.54, 1.807) is 30.3 Å². The van der Waals surface area contributed by atoms with Crippen LogP contribution < -0.4 is 5.32 Å². The number of methoxy groups -OCH3 is 1. The summed E-state index contributed by atoms with van der Waals surface area (Å²) in [5, 5.41) is 2.70. The first-order chi connectivity index (χ1) is 12.9. The number of rotatable bonds is 6. The summed E-state index contributed by atoms with van der Waals surface area (Å²) in [5.41, 5.74) is 2.78.